The summed E-state index contributed by atoms with van der Waals surface area (Å²) in [7, 11) is 1.57. The molecule has 0 atom stereocenters. The van der Waals surface area contributed by atoms with Crippen molar-refractivity contribution in [2.45, 2.75) is 13.5 Å². The first-order valence-electron chi connectivity index (χ1n) is 8.82. The molecule has 0 bridgehead atoms. The number of aromatic nitrogens is 1. The molecular formula is C21H21ClFN3O2. The predicted molar refractivity (Wildman–Crippen MR) is 109 cm³/mol. The van der Waals surface area contributed by atoms with E-state index in [1.54, 1.807) is 18.1 Å². The van der Waals surface area contributed by atoms with Gasteiger partial charge in [-0.05, 0) is 43.3 Å². The molecule has 28 heavy (non-hydrogen) atoms. The molecule has 3 rings (SSSR count). The number of nitrogens with one attached hydrogen (secondary N) is 1. The van der Waals surface area contributed by atoms with Crippen molar-refractivity contribution in [1.82, 2.24) is 9.88 Å². The molecule has 0 aliphatic carbocycles. The van der Waals surface area contributed by atoms with Gasteiger partial charge in [-0.25, -0.2) is 14.2 Å². The van der Waals surface area contributed by atoms with E-state index in [0.717, 1.165) is 22.0 Å². The monoisotopic (exact) mass is 401 g/mol. The van der Waals surface area contributed by atoms with Crippen LogP contribution in [0, 0.1) is 12.7 Å². The van der Waals surface area contributed by atoms with Gasteiger partial charge in [0.2, 0.25) is 0 Å². The zero-order chi connectivity index (χ0) is 20.1. The number of halogens is 2. The second-order valence-corrected chi connectivity index (χ2v) is 6.85. The number of pyridine rings is 1. The third kappa shape index (κ3) is 4.97. The standard InChI is InChI=1S/C21H21ClFN3O2/c1-14-6-7-19-15(10-14)11-16(20(22)25-19)13-26(8-9-28-2)21(27)24-18-5-3-4-17(23)12-18/h3-7,10-12H,8-9,13H2,1-2H3,(H,24,27). The van der Waals surface area contributed by atoms with Crippen molar-refractivity contribution in [1.29, 1.82) is 0 Å². The summed E-state index contributed by atoms with van der Waals surface area (Å²) < 4.78 is 18.5. The number of anilines is 1. The van der Waals surface area contributed by atoms with Gasteiger partial charge in [-0.2, -0.15) is 0 Å². The van der Waals surface area contributed by atoms with Crippen LogP contribution >= 0.6 is 11.6 Å². The van der Waals surface area contributed by atoms with E-state index in [4.69, 9.17) is 16.3 Å². The van der Waals surface area contributed by atoms with Crippen LogP contribution in [0.4, 0.5) is 14.9 Å². The largest absolute Gasteiger partial charge is 0.383 e. The van der Waals surface area contributed by atoms with Crippen LogP contribution in [0.25, 0.3) is 10.9 Å². The van der Waals surface area contributed by atoms with E-state index < -0.39 is 5.82 Å². The number of fused-ring (bicyclic) bond motifs is 1. The van der Waals surface area contributed by atoms with Gasteiger partial charge < -0.3 is 15.0 Å². The minimum atomic E-state index is -0.418. The Bertz CT molecular complexity index is 997. The number of aryl methyl sites for hydroxylation is 1. The Hall–Kier alpha value is -2.70. The molecule has 1 N–H and O–H groups in total. The Balaban J connectivity index is 1.84. The molecule has 0 radical (unpaired) electrons. The first kappa shape index (κ1) is 20.0. The molecule has 5 nitrogen and oxygen atoms in total. The molecule has 1 heterocycles. The Labute approximate surface area is 168 Å². The van der Waals surface area contributed by atoms with Crippen molar-refractivity contribution in [3.63, 3.8) is 0 Å². The van der Waals surface area contributed by atoms with Crippen molar-refractivity contribution in [3.05, 3.63) is 70.6 Å². The molecular weight excluding hydrogens is 381 g/mol. The molecule has 0 aliphatic rings. The number of ether oxygens (including phenoxy) is 1. The smallest absolute Gasteiger partial charge is 0.322 e. The van der Waals surface area contributed by atoms with Crippen LogP contribution < -0.4 is 5.32 Å². The highest BCUT2D eigenvalue weighted by atomic mass is 35.5. The van der Waals surface area contributed by atoms with Crippen molar-refractivity contribution >= 4 is 34.2 Å². The van der Waals surface area contributed by atoms with Crippen LogP contribution in [0.1, 0.15) is 11.1 Å². The molecule has 0 unspecified atom stereocenters. The van der Waals surface area contributed by atoms with Crippen molar-refractivity contribution < 1.29 is 13.9 Å². The van der Waals surface area contributed by atoms with Gasteiger partial charge in [0, 0.05) is 30.3 Å². The first-order chi connectivity index (χ1) is 13.5. The SMILES string of the molecule is COCCN(Cc1cc2cc(C)ccc2nc1Cl)C(=O)Nc1cccc(F)c1. The van der Waals surface area contributed by atoms with E-state index in [2.05, 4.69) is 10.3 Å². The summed E-state index contributed by atoms with van der Waals surface area (Å²) in [6, 6.07) is 13.2. The number of hydrogen-bond acceptors (Lipinski definition) is 3. The van der Waals surface area contributed by atoms with Gasteiger partial charge in [0.25, 0.3) is 0 Å². The van der Waals surface area contributed by atoms with Crippen LogP contribution in [-0.4, -0.2) is 36.2 Å². The Morgan fingerprint density at radius 3 is 2.82 bits per heavy atom. The van der Waals surface area contributed by atoms with E-state index in [9.17, 15) is 9.18 Å². The number of nitrogens with zero attached hydrogens (tertiary/aromatic N) is 2. The minimum absolute atomic E-state index is 0.250. The molecule has 146 valence electrons. The number of carbonyl (C=O) groups excluding carboxylic acids is 1. The highest BCUT2D eigenvalue weighted by molar-refractivity contribution is 6.30. The molecule has 2 aromatic carbocycles. The average Bonchev–Trinajstić information content (AvgIpc) is 2.65. The number of methoxy groups -OCH3 is 1. The maximum Gasteiger partial charge on any atom is 0.322 e. The number of rotatable bonds is 6. The Morgan fingerprint density at radius 1 is 1.25 bits per heavy atom. The van der Waals surface area contributed by atoms with Gasteiger partial charge in [-0.15, -0.1) is 0 Å². The molecule has 7 heteroatoms. The maximum absolute atomic E-state index is 13.4. The van der Waals surface area contributed by atoms with Gasteiger partial charge in [-0.1, -0.05) is 29.3 Å². The van der Waals surface area contributed by atoms with Gasteiger partial charge in [0.15, 0.2) is 0 Å². The maximum atomic E-state index is 13.4. The average molecular weight is 402 g/mol. The van der Waals surface area contributed by atoms with E-state index >= 15 is 0 Å². The normalized spacial score (nSPS) is 10.9. The third-order valence-corrected chi connectivity index (χ3v) is 4.61. The molecule has 0 saturated heterocycles. The van der Waals surface area contributed by atoms with Crippen LogP contribution in [-0.2, 0) is 11.3 Å². The minimum Gasteiger partial charge on any atom is -0.383 e. The molecule has 3 aromatic rings. The highest BCUT2D eigenvalue weighted by Gasteiger charge is 2.17. The van der Waals surface area contributed by atoms with Crippen LogP contribution in [0.15, 0.2) is 48.5 Å². The number of benzene rings is 2. The lowest BCUT2D eigenvalue weighted by Crippen LogP contribution is -2.37. The molecule has 1 aromatic heterocycles. The molecule has 0 saturated carbocycles. The Morgan fingerprint density at radius 2 is 2.07 bits per heavy atom. The van der Waals surface area contributed by atoms with Gasteiger partial charge in [0.05, 0.1) is 18.7 Å². The van der Waals surface area contributed by atoms with Crippen molar-refractivity contribution in [2.24, 2.45) is 0 Å². The summed E-state index contributed by atoms with van der Waals surface area (Å²) in [5, 5.41) is 4.01. The summed E-state index contributed by atoms with van der Waals surface area (Å²) in [5.41, 5.74) is 3.02. The summed E-state index contributed by atoms with van der Waals surface area (Å²) in [4.78, 5) is 18.7. The zero-order valence-electron chi connectivity index (χ0n) is 15.7. The van der Waals surface area contributed by atoms with Crippen LogP contribution in [0.5, 0.6) is 0 Å². The Kier molecular flexibility index (Phi) is 6.44. The van der Waals surface area contributed by atoms with Crippen LogP contribution in [0.3, 0.4) is 0 Å². The second-order valence-electron chi connectivity index (χ2n) is 6.49. The lowest BCUT2D eigenvalue weighted by molar-refractivity contribution is 0.153. The fourth-order valence-corrected chi connectivity index (χ4v) is 3.06. The van der Waals surface area contributed by atoms with Gasteiger partial charge in [0.1, 0.15) is 11.0 Å². The topological polar surface area (TPSA) is 54.5 Å². The zero-order valence-corrected chi connectivity index (χ0v) is 16.5. The molecule has 0 aliphatic heterocycles. The lowest BCUT2D eigenvalue weighted by atomic mass is 10.1. The number of carbonyl (C=O) groups is 1. The van der Waals surface area contributed by atoms with Crippen molar-refractivity contribution in [3.8, 4) is 0 Å². The predicted octanol–water partition coefficient (Wildman–Crippen LogP) is 5.02. The first-order valence-corrected chi connectivity index (χ1v) is 9.20. The number of hydrogen-bond donors (Lipinski definition) is 1. The summed E-state index contributed by atoms with van der Waals surface area (Å²) in [6.45, 7) is 2.96. The lowest BCUT2D eigenvalue weighted by Gasteiger charge is -2.23. The fraction of sp³-hybridized carbons (Fsp3) is 0.238. The van der Waals surface area contributed by atoms with Crippen LogP contribution in [0.2, 0.25) is 5.15 Å². The summed E-state index contributed by atoms with van der Waals surface area (Å²) in [5.74, 6) is -0.418. The van der Waals surface area contributed by atoms with Gasteiger partial charge in [-0.3, -0.25) is 0 Å². The van der Waals surface area contributed by atoms with E-state index in [1.807, 2.05) is 31.2 Å². The molecule has 0 fully saturated rings. The second kappa shape index (κ2) is 8.99. The number of amides is 2. The highest BCUT2D eigenvalue weighted by Crippen LogP contribution is 2.23. The molecule has 0 spiro atoms. The summed E-state index contributed by atoms with van der Waals surface area (Å²) >= 11 is 6.36. The number of urea groups is 1. The third-order valence-electron chi connectivity index (χ3n) is 4.29. The van der Waals surface area contributed by atoms with Crippen molar-refractivity contribution in [2.75, 3.05) is 25.6 Å². The quantitative estimate of drug-likeness (QED) is 0.590. The fourth-order valence-electron chi connectivity index (χ4n) is 2.86. The van der Waals surface area contributed by atoms with E-state index in [0.29, 0.717) is 24.0 Å². The summed E-state index contributed by atoms with van der Waals surface area (Å²) in [6.07, 6.45) is 0. The van der Waals surface area contributed by atoms with E-state index in [1.165, 1.54) is 18.2 Å². The molecule has 2 amide bonds. The van der Waals surface area contributed by atoms with Gasteiger partial charge >= 0.3 is 6.03 Å². The van der Waals surface area contributed by atoms with E-state index in [-0.39, 0.29) is 12.6 Å².